The standard InChI is InChI=1S/C24H25N5O3/c1-26(2)13-5-6-14-27-21-8-4-3-7-20(21)23-22(27)15-17(16-25)24(30)28(23)18-9-11-19(12-10-18)29(31)32/h3-4,7-12,15,22-23H,5-6,13-14H2,1-2H3. The number of fused-ring (bicyclic) bond motifs is 3. The van der Waals surface area contributed by atoms with Crippen LogP contribution >= 0.6 is 0 Å². The summed E-state index contributed by atoms with van der Waals surface area (Å²) < 4.78 is 0. The molecule has 2 unspecified atom stereocenters. The van der Waals surface area contributed by atoms with E-state index in [0.29, 0.717) is 5.69 Å². The molecule has 2 heterocycles. The van der Waals surface area contributed by atoms with Crippen LogP contribution in [0.4, 0.5) is 17.1 Å². The summed E-state index contributed by atoms with van der Waals surface area (Å²) in [6.07, 6.45) is 3.81. The van der Waals surface area contributed by atoms with Crippen LogP contribution in [0.3, 0.4) is 0 Å². The summed E-state index contributed by atoms with van der Waals surface area (Å²) in [4.78, 5) is 29.9. The minimum Gasteiger partial charge on any atom is -0.362 e. The number of non-ortho nitro benzene ring substituents is 1. The molecular weight excluding hydrogens is 406 g/mol. The maximum Gasteiger partial charge on any atom is 0.269 e. The number of nitrogens with zero attached hydrogens (tertiary/aromatic N) is 5. The number of carbonyl (C=O) groups is 1. The molecule has 2 aromatic carbocycles. The van der Waals surface area contributed by atoms with Crippen molar-refractivity contribution in [1.82, 2.24) is 4.90 Å². The van der Waals surface area contributed by atoms with Crippen molar-refractivity contribution < 1.29 is 9.72 Å². The van der Waals surface area contributed by atoms with E-state index in [1.54, 1.807) is 23.1 Å². The lowest BCUT2D eigenvalue weighted by Crippen LogP contribution is -2.48. The first kappa shape index (κ1) is 21.5. The van der Waals surface area contributed by atoms with Crippen LogP contribution in [0, 0.1) is 21.4 Å². The Bertz CT molecular complexity index is 1100. The molecule has 0 saturated carbocycles. The van der Waals surface area contributed by atoms with Gasteiger partial charge < -0.3 is 9.80 Å². The summed E-state index contributed by atoms with van der Waals surface area (Å²) in [6.45, 7) is 1.81. The van der Waals surface area contributed by atoms with Crippen LogP contribution < -0.4 is 9.80 Å². The van der Waals surface area contributed by atoms with E-state index in [-0.39, 0.29) is 29.3 Å². The zero-order valence-electron chi connectivity index (χ0n) is 18.1. The van der Waals surface area contributed by atoms with Gasteiger partial charge in [-0.3, -0.25) is 19.8 Å². The normalized spacial score (nSPS) is 19.4. The van der Waals surface area contributed by atoms with Crippen LogP contribution in [-0.4, -0.2) is 49.0 Å². The van der Waals surface area contributed by atoms with E-state index in [1.807, 2.05) is 18.2 Å². The van der Waals surface area contributed by atoms with E-state index in [4.69, 9.17) is 0 Å². The van der Waals surface area contributed by atoms with Gasteiger partial charge in [0.1, 0.15) is 11.6 Å². The van der Waals surface area contributed by atoms with Crippen molar-refractivity contribution >= 4 is 23.0 Å². The number of rotatable bonds is 7. The molecule has 32 heavy (non-hydrogen) atoms. The number of carbonyl (C=O) groups excluding carboxylic acids is 1. The highest BCUT2D eigenvalue weighted by Gasteiger charge is 2.46. The summed E-state index contributed by atoms with van der Waals surface area (Å²) in [5.41, 5.74) is 2.67. The summed E-state index contributed by atoms with van der Waals surface area (Å²) in [6, 6.07) is 15.5. The van der Waals surface area contributed by atoms with Gasteiger partial charge in [0.15, 0.2) is 0 Å². The Kier molecular flexibility index (Phi) is 5.93. The van der Waals surface area contributed by atoms with Crippen molar-refractivity contribution in [2.45, 2.75) is 24.9 Å². The van der Waals surface area contributed by atoms with Crippen LogP contribution in [0.25, 0.3) is 0 Å². The molecule has 1 amide bonds. The Morgan fingerprint density at radius 2 is 1.84 bits per heavy atom. The molecule has 8 heteroatoms. The van der Waals surface area contributed by atoms with Crippen molar-refractivity contribution in [3.63, 3.8) is 0 Å². The Balaban J connectivity index is 1.73. The van der Waals surface area contributed by atoms with Gasteiger partial charge in [0.05, 0.1) is 17.0 Å². The van der Waals surface area contributed by atoms with Crippen LogP contribution in [0.1, 0.15) is 24.4 Å². The highest BCUT2D eigenvalue weighted by molar-refractivity contribution is 6.10. The highest BCUT2D eigenvalue weighted by Crippen LogP contribution is 2.47. The molecule has 4 rings (SSSR count). The predicted octanol–water partition coefficient (Wildman–Crippen LogP) is 3.66. The summed E-state index contributed by atoms with van der Waals surface area (Å²) >= 11 is 0. The van der Waals surface area contributed by atoms with E-state index in [2.05, 4.69) is 36.0 Å². The molecule has 8 nitrogen and oxygen atoms in total. The molecule has 0 saturated heterocycles. The number of hydrogen-bond donors (Lipinski definition) is 0. The highest BCUT2D eigenvalue weighted by atomic mass is 16.6. The third-order valence-electron chi connectivity index (χ3n) is 6.03. The van der Waals surface area contributed by atoms with Gasteiger partial charge in [-0.05, 0) is 57.8 Å². The first-order chi connectivity index (χ1) is 15.4. The zero-order chi connectivity index (χ0) is 22.8. The number of hydrogen-bond acceptors (Lipinski definition) is 6. The molecule has 0 radical (unpaired) electrons. The number of amides is 1. The Morgan fingerprint density at radius 3 is 2.50 bits per heavy atom. The topological polar surface area (TPSA) is 93.7 Å². The predicted molar refractivity (Wildman–Crippen MR) is 122 cm³/mol. The fourth-order valence-corrected chi connectivity index (χ4v) is 4.56. The summed E-state index contributed by atoms with van der Waals surface area (Å²) in [5, 5.41) is 20.7. The van der Waals surface area contributed by atoms with Crippen molar-refractivity contribution in [3.05, 3.63) is 75.9 Å². The Hall–Kier alpha value is -3.70. The van der Waals surface area contributed by atoms with Gasteiger partial charge in [0.2, 0.25) is 0 Å². The second kappa shape index (κ2) is 8.81. The molecule has 0 aliphatic carbocycles. The Labute approximate surface area is 187 Å². The average Bonchev–Trinajstić information content (AvgIpc) is 3.09. The molecule has 2 aromatic rings. The Morgan fingerprint density at radius 1 is 1.12 bits per heavy atom. The van der Waals surface area contributed by atoms with E-state index in [9.17, 15) is 20.2 Å². The molecule has 0 aromatic heterocycles. The molecule has 2 aliphatic rings. The molecule has 164 valence electrons. The van der Waals surface area contributed by atoms with E-state index in [1.165, 1.54) is 12.1 Å². The number of nitro groups is 1. The van der Waals surface area contributed by atoms with Gasteiger partial charge in [0.25, 0.3) is 11.6 Å². The molecule has 0 spiro atoms. The molecule has 2 atom stereocenters. The SMILES string of the molecule is CN(C)CCCCN1c2ccccc2C2C1C=C(C#N)C(=O)N2c1ccc([N+](=O)[O-])cc1. The molecule has 2 aliphatic heterocycles. The van der Waals surface area contributed by atoms with Crippen LogP contribution in [0.15, 0.2) is 60.2 Å². The lowest BCUT2D eigenvalue weighted by Gasteiger charge is -2.38. The number of benzene rings is 2. The van der Waals surface area contributed by atoms with Crippen molar-refractivity contribution in [3.8, 4) is 6.07 Å². The third kappa shape index (κ3) is 3.83. The number of para-hydroxylation sites is 1. The van der Waals surface area contributed by atoms with E-state index >= 15 is 0 Å². The van der Waals surface area contributed by atoms with Crippen LogP contribution in [0.5, 0.6) is 0 Å². The fraction of sp³-hybridized carbons (Fsp3) is 0.333. The van der Waals surface area contributed by atoms with Gasteiger partial charge in [-0.25, -0.2) is 0 Å². The molecule has 0 bridgehead atoms. The lowest BCUT2D eigenvalue weighted by atomic mass is 9.93. The second-order valence-corrected chi connectivity index (χ2v) is 8.34. The lowest BCUT2D eigenvalue weighted by molar-refractivity contribution is -0.384. The third-order valence-corrected chi connectivity index (χ3v) is 6.03. The summed E-state index contributed by atoms with van der Waals surface area (Å²) in [5.74, 6) is -0.383. The first-order valence-electron chi connectivity index (χ1n) is 10.6. The van der Waals surface area contributed by atoms with Gasteiger partial charge in [-0.15, -0.1) is 0 Å². The first-order valence-corrected chi connectivity index (χ1v) is 10.6. The minimum absolute atomic E-state index is 0.0415. The van der Waals surface area contributed by atoms with E-state index in [0.717, 1.165) is 37.2 Å². The monoisotopic (exact) mass is 431 g/mol. The van der Waals surface area contributed by atoms with Gasteiger partial charge >= 0.3 is 0 Å². The van der Waals surface area contributed by atoms with Gasteiger partial charge in [-0.1, -0.05) is 18.2 Å². The smallest absolute Gasteiger partial charge is 0.269 e. The maximum absolute atomic E-state index is 13.2. The largest absolute Gasteiger partial charge is 0.362 e. The van der Waals surface area contributed by atoms with Crippen molar-refractivity contribution in [2.75, 3.05) is 37.0 Å². The van der Waals surface area contributed by atoms with Crippen molar-refractivity contribution in [1.29, 1.82) is 5.26 Å². The van der Waals surface area contributed by atoms with Crippen LogP contribution in [0.2, 0.25) is 0 Å². The molecule has 0 fully saturated rings. The second-order valence-electron chi connectivity index (χ2n) is 8.34. The number of nitro benzene ring substituents is 1. The number of nitriles is 1. The molecular formula is C24H25N5O3. The van der Waals surface area contributed by atoms with Crippen molar-refractivity contribution in [2.24, 2.45) is 0 Å². The minimum atomic E-state index is -0.467. The zero-order valence-corrected chi connectivity index (χ0v) is 18.1. The van der Waals surface area contributed by atoms with Gasteiger partial charge in [0, 0.05) is 35.6 Å². The average molecular weight is 431 g/mol. The molecule has 0 N–H and O–H groups in total. The fourth-order valence-electron chi connectivity index (χ4n) is 4.56. The number of unbranched alkanes of at least 4 members (excludes halogenated alkanes) is 1. The number of anilines is 2. The summed E-state index contributed by atoms with van der Waals surface area (Å²) in [7, 11) is 4.11. The van der Waals surface area contributed by atoms with Gasteiger partial charge in [-0.2, -0.15) is 5.26 Å². The van der Waals surface area contributed by atoms with E-state index < -0.39 is 4.92 Å². The maximum atomic E-state index is 13.2. The quantitative estimate of drug-likeness (QED) is 0.377. The van der Waals surface area contributed by atoms with Crippen LogP contribution in [-0.2, 0) is 4.79 Å².